The second-order valence-corrected chi connectivity index (χ2v) is 20.8. The summed E-state index contributed by atoms with van der Waals surface area (Å²) in [5.41, 5.74) is 0. The number of allylic oxidation sites excluding steroid dienone is 10. The van der Waals surface area contributed by atoms with E-state index >= 15 is 0 Å². The zero-order valence-corrected chi connectivity index (χ0v) is 47.0. The van der Waals surface area contributed by atoms with Crippen molar-refractivity contribution >= 4 is 11.9 Å². The molecule has 7 N–H and O–H groups in total. The highest BCUT2D eigenvalue weighted by atomic mass is 16.7. The van der Waals surface area contributed by atoms with Gasteiger partial charge in [0.05, 0.1) is 19.8 Å². The molecule has 15 heteroatoms. The van der Waals surface area contributed by atoms with Crippen LogP contribution in [0.15, 0.2) is 60.8 Å². The Morgan fingerprint density at radius 2 is 0.816 bits per heavy atom. The monoisotopic (exact) mass is 1080 g/mol. The highest BCUT2D eigenvalue weighted by Crippen LogP contribution is 2.27. The van der Waals surface area contributed by atoms with Crippen molar-refractivity contribution in [2.75, 3.05) is 26.4 Å². The lowest BCUT2D eigenvalue weighted by molar-refractivity contribution is -0.332. The fourth-order valence-electron chi connectivity index (χ4n) is 9.07. The summed E-state index contributed by atoms with van der Waals surface area (Å²) in [5.74, 6) is -0.998. The van der Waals surface area contributed by atoms with E-state index in [0.717, 1.165) is 64.2 Å². The van der Waals surface area contributed by atoms with Crippen LogP contribution in [0.1, 0.15) is 219 Å². The van der Waals surface area contributed by atoms with Crippen LogP contribution in [-0.4, -0.2) is 142 Å². The minimum atomic E-state index is -1.78. The number of hydrogen-bond acceptors (Lipinski definition) is 15. The third-order valence-corrected chi connectivity index (χ3v) is 13.9. The molecule has 0 spiro atoms. The van der Waals surface area contributed by atoms with Crippen molar-refractivity contribution in [3.8, 4) is 0 Å². The first-order valence-electron chi connectivity index (χ1n) is 29.9. The second kappa shape index (κ2) is 47.1. The van der Waals surface area contributed by atoms with Gasteiger partial charge in [-0.3, -0.25) is 9.59 Å². The molecule has 0 saturated carbocycles. The van der Waals surface area contributed by atoms with Crippen molar-refractivity contribution in [3.63, 3.8) is 0 Å². The molecular formula is C61H106O15. The molecule has 4 unspecified atom stereocenters. The largest absolute Gasteiger partial charge is 0.462 e. The van der Waals surface area contributed by atoms with Gasteiger partial charge in [0.2, 0.25) is 0 Å². The Morgan fingerprint density at radius 1 is 0.421 bits per heavy atom. The summed E-state index contributed by atoms with van der Waals surface area (Å²) in [7, 11) is 0. The molecule has 0 amide bonds. The molecule has 0 aromatic carbocycles. The van der Waals surface area contributed by atoms with Gasteiger partial charge in [-0.05, 0) is 83.5 Å². The number of carbonyl (C=O) groups excluding carboxylic acids is 2. The number of aliphatic hydroxyl groups excluding tert-OH is 7. The van der Waals surface area contributed by atoms with Gasteiger partial charge in [0, 0.05) is 12.8 Å². The van der Waals surface area contributed by atoms with E-state index in [4.69, 9.17) is 28.4 Å². The molecule has 2 heterocycles. The lowest BCUT2D eigenvalue weighted by Crippen LogP contribution is -2.61. The molecule has 2 fully saturated rings. The Balaban J connectivity index is 1.76. The van der Waals surface area contributed by atoms with Crippen molar-refractivity contribution < 1.29 is 73.8 Å². The maximum Gasteiger partial charge on any atom is 0.306 e. The minimum absolute atomic E-state index is 0.130. The van der Waals surface area contributed by atoms with Gasteiger partial charge in [-0.1, -0.05) is 184 Å². The van der Waals surface area contributed by atoms with Gasteiger partial charge in [0.15, 0.2) is 18.7 Å². The zero-order chi connectivity index (χ0) is 55.3. The molecule has 11 atom stereocenters. The normalized spacial score (nSPS) is 24.8. The van der Waals surface area contributed by atoms with E-state index in [0.29, 0.717) is 19.3 Å². The van der Waals surface area contributed by atoms with E-state index in [1.807, 2.05) is 0 Å². The van der Waals surface area contributed by atoms with Crippen molar-refractivity contribution in [3.05, 3.63) is 60.8 Å². The molecule has 440 valence electrons. The third-order valence-electron chi connectivity index (χ3n) is 13.9. The summed E-state index contributed by atoms with van der Waals surface area (Å²) in [4.78, 5) is 25.9. The molecule has 2 aliphatic rings. The molecular weight excluding hydrogens is 973 g/mol. The van der Waals surface area contributed by atoms with Crippen molar-refractivity contribution in [2.24, 2.45) is 0 Å². The third kappa shape index (κ3) is 33.6. The molecule has 0 aliphatic carbocycles. The van der Waals surface area contributed by atoms with Gasteiger partial charge >= 0.3 is 11.9 Å². The number of hydrogen-bond donors (Lipinski definition) is 7. The first-order valence-corrected chi connectivity index (χ1v) is 29.9. The topological polar surface area (TPSA) is 231 Å². The molecule has 2 rings (SSSR count). The van der Waals surface area contributed by atoms with Crippen LogP contribution < -0.4 is 0 Å². The van der Waals surface area contributed by atoms with Crippen molar-refractivity contribution in [1.29, 1.82) is 0 Å². The van der Waals surface area contributed by atoms with Crippen LogP contribution in [-0.2, 0) is 38.0 Å². The summed E-state index contributed by atoms with van der Waals surface area (Å²) >= 11 is 0. The predicted octanol–water partition coefficient (Wildman–Crippen LogP) is 10.4. The average Bonchev–Trinajstić information content (AvgIpc) is 3.41. The van der Waals surface area contributed by atoms with E-state index in [2.05, 4.69) is 74.6 Å². The van der Waals surface area contributed by atoms with Gasteiger partial charge in [-0.25, -0.2) is 0 Å². The van der Waals surface area contributed by atoms with Crippen molar-refractivity contribution in [2.45, 2.75) is 287 Å². The Hall–Kier alpha value is -2.80. The van der Waals surface area contributed by atoms with E-state index in [1.165, 1.54) is 109 Å². The van der Waals surface area contributed by atoms with Crippen LogP contribution in [0.5, 0.6) is 0 Å². The van der Waals surface area contributed by atoms with E-state index in [-0.39, 0.29) is 19.4 Å². The molecule has 0 aromatic heterocycles. The molecule has 0 radical (unpaired) electrons. The fraction of sp³-hybridized carbons (Fsp3) is 0.803. The lowest BCUT2D eigenvalue weighted by Gasteiger charge is -2.42. The van der Waals surface area contributed by atoms with Gasteiger partial charge in [0.1, 0.15) is 55.4 Å². The quantitative estimate of drug-likeness (QED) is 0.0171. The number of aliphatic hydroxyl groups is 7. The SMILES string of the molecule is CCCCC/C=C/C/C=C/C/C=C/CCCCCCC(=O)O[C@@H](COC(=O)CCC/C=C/CC/C=C/CCCCCCCCCCCCCCCC)CO[C@@H]1O[C@H](CO[C@@H]2O[C@H](CO)[C@H](O)C(O)C2O)[C@H](O)C(O)C1O. The van der Waals surface area contributed by atoms with E-state index in [1.54, 1.807) is 0 Å². The van der Waals surface area contributed by atoms with Crippen LogP contribution >= 0.6 is 0 Å². The first kappa shape index (κ1) is 69.3. The molecule has 0 bridgehead atoms. The number of ether oxygens (including phenoxy) is 6. The molecule has 2 aliphatic heterocycles. The Labute approximate surface area is 458 Å². The van der Waals surface area contributed by atoms with Crippen LogP contribution in [0.4, 0.5) is 0 Å². The number of rotatable bonds is 47. The van der Waals surface area contributed by atoms with Gasteiger partial charge < -0.3 is 64.2 Å². The number of esters is 2. The highest BCUT2D eigenvalue weighted by molar-refractivity contribution is 5.70. The Morgan fingerprint density at radius 3 is 1.36 bits per heavy atom. The summed E-state index contributed by atoms with van der Waals surface area (Å²) in [5, 5.41) is 72.3. The highest BCUT2D eigenvalue weighted by Gasteiger charge is 2.47. The number of carbonyl (C=O) groups is 2. The predicted molar refractivity (Wildman–Crippen MR) is 298 cm³/mol. The molecule has 2 saturated heterocycles. The summed E-state index contributed by atoms with van der Waals surface area (Å²) in [6.07, 6.45) is 39.7. The summed E-state index contributed by atoms with van der Waals surface area (Å²) in [6, 6.07) is 0. The lowest BCUT2D eigenvalue weighted by atomic mass is 9.98. The van der Waals surface area contributed by atoms with Crippen LogP contribution in [0.2, 0.25) is 0 Å². The summed E-state index contributed by atoms with van der Waals surface area (Å²) < 4.78 is 33.6. The number of unbranched alkanes of at least 4 members (excludes halogenated alkanes) is 23. The van der Waals surface area contributed by atoms with E-state index < -0.39 is 99.3 Å². The van der Waals surface area contributed by atoms with Crippen LogP contribution in [0.25, 0.3) is 0 Å². The van der Waals surface area contributed by atoms with E-state index in [9.17, 15) is 45.3 Å². The van der Waals surface area contributed by atoms with Gasteiger partial charge in [0.25, 0.3) is 0 Å². The second-order valence-electron chi connectivity index (χ2n) is 20.8. The summed E-state index contributed by atoms with van der Waals surface area (Å²) in [6.45, 7) is 2.52. The fourth-order valence-corrected chi connectivity index (χ4v) is 9.07. The zero-order valence-electron chi connectivity index (χ0n) is 47.0. The van der Waals surface area contributed by atoms with Gasteiger partial charge in [-0.2, -0.15) is 0 Å². The maximum absolute atomic E-state index is 13.1. The maximum atomic E-state index is 13.1. The standard InChI is InChI=1S/C61H106O15/c1-3-5-7-9-11-13-15-17-19-21-22-23-24-25-26-28-29-31-33-35-37-39-41-43-52(63)71-46-49(74-53(64)44-42-40-38-36-34-32-30-27-20-18-16-14-12-10-8-6-4-2)47-72-60-59(70)57(68)55(66)51(76-60)48-73-61-58(69)56(67)54(65)50(45-62)75-61/h12,14,18,20,28-30,32,35,37,49-51,54-62,65-70H,3-11,13,15-17,19,21-27,31,33-34,36,38-48H2,1-2H3/b14-12+,20-18+,29-28+,32-30+,37-35+/t49-,50+,51+,54-,55-,56?,57?,58?,59?,60+,61+/m0/s1. The average molecular weight is 1080 g/mol. The smallest absolute Gasteiger partial charge is 0.306 e. The Kier molecular flexibility index (Phi) is 42.9. The Bertz CT molecular complexity index is 1550. The van der Waals surface area contributed by atoms with Crippen LogP contribution in [0, 0.1) is 0 Å². The van der Waals surface area contributed by atoms with Gasteiger partial charge in [-0.15, -0.1) is 0 Å². The molecule has 76 heavy (non-hydrogen) atoms. The van der Waals surface area contributed by atoms with Crippen molar-refractivity contribution in [1.82, 2.24) is 0 Å². The molecule has 15 nitrogen and oxygen atoms in total. The minimum Gasteiger partial charge on any atom is -0.462 e. The van der Waals surface area contributed by atoms with Crippen LogP contribution in [0.3, 0.4) is 0 Å². The molecule has 0 aromatic rings. The first-order chi connectivity index (χ1) is 37.0.